The first kappa shape index (κ1) is 19.0. The normalized spacial score (nSPS) is 12.8. The number of thioether (sulfide) groups is 1. The first-order chi connectivity index (χ1) is 12.7. The Balaban J connectivity index is 1.61. The van der Waals surface area contributed by atoms with E-state index in [9.17, 15) is 18.0 Å². The summed E-state index contributed by atoms with van der Waals surface area (Å²) in [5.74, 6) is 0.501. The Morgan fingerprint density at radius 3 is 2.48 bits per heavy atom. The topological polar surface area (TPSA) is 81.2 Å². The molecule has 0 radical (unpaired) electrons. The summed E-state index contributed by atoms with van der Waals surface area (Å²) in [6.45, 7) is 3.38. The highest BCUT2D eigenvalue weighted by Gasteiger charge is 2.30. The van der Waals surface area contributed by atoms with Crippen molar-refractivity contribution in [2.24, 2.45) is 0 Å². The molecule has 0 spiro atoms. The van der Waals surface area contributed by atoms with Crippen molar-refractivity contribution in [2.45, 2.75) is 30.5 Å². The second-order valence-electron chi connectivity index (χ2n) is 5.59. The Kier molecular flexibility index (Phi) is 5.26. The fourth-order valence-corrected chi connectivity index (χ4v) is 2.85. The minimum atomic E-state index is -4.42. The van der Waals surface area contributed by atoms with E-state index < -0.39 is 22.9 Å². The zero-order chi connectivity index (χ0) is 19.6. The maximum absolute atomic E-state index is 12.6. The van der Waals surface area contributed by atoms with Gasteiger partial charge in [-0.25, -0.2) is 0 Å². The van der Waals surface area contributed by atoms with Gasteiger partial charge in [0.2, 0.25) is 5.91 Å². The Bertz CT molecular complexity index is 935. The number of carbonyl (C=O) groups excluding carboxylic acids is 1. The number of aryl methyl sites for hydroxylation is 1. The highest BCUT2D eigenvalue weighted by molar-refractivity contribution is 8.00. The smallest absolute Gasteiger partial charge is 0.416 e. The fourth-order valence-electron chi connectivity index (χ4n) is 2.16. The number of furan rings is 1. The van der Waals surface area contributed by atoms with Crippen LogP contribution in [0.15, 0.2) is 50.7 Å². The molecule has 1 atom stereocenters. The highest BCUT2D eigenvalue weighted by Crippen LogP contribution is 2.31. The molecule has 3 rings (SSSR count). The van der Waals surface area contributed by atoms with Crippen molar-refractivity contribution in [3.8, 4) is 11.5 Å². The number of hydrogen-bond acceptors (Lipinski definition) is 6. The second-order valence-corrected chi connectivity index (χ2v) is 6.88. The number of benzene rings is 1. The molecule has 10 heteroatoms. The van der Waals surface area contributed by atoms with Crippen LogP contribution < -0.4 is 5.32 Å². The lowest BCUT2D eigenvalue weighted by Gasteiger charge is -2.11. The molecule has 142 valence electrons. The summed E-state index contributed by atoms with van der Waals surface area (Å²) in [6, 6.07) is 5.91. The summed E-state index contributed by atoms with van der Waals surface area (Å²) in [5, 5.41) is 9.94. The van der Waals surface area contributed by atoms with E-state index in [2.05, 4.69) is 15.5 Å². The molecule has 3 aromatic rings. The minimum absolute atomic E-state index is 0.195. The van der Waals surface area contributed by atoms with Gasteiger partial charge in [-0.3, -0.25) is 4.79 Å². The summed E-state index contributed by atoms with van der Waals surface area (Å²) in [4.78, 5) is 12.2. The van der Waals surface area contributed by atoms with E-state index in [1.807, 2.05) is 0 Å². The summed E-state index contributed by atoms with van der Waals surface area (Å²) in [7, 11) is 0. The van der Waals surface area contributed by atoms with Crippen LogP contribution >= 0.6 is 11.8 Å². The number of carbonyl (C=O) groups is 1. The highest BCUT2D eigenvalue weighted by atomic mass is 32.2. The molecule has 2 heterocycles. The number of anilines is 1. The number of alkyl halides is 3. The van der Waals surface area contributed by atoms with Gasteiger partial charge in [-0.2, -0.15) is 13.2 Å². The van der Waals surface area contributed by atoms with Crippen molar-refractivity contribution < 1.29 is 26.8 Å². The van der Waals surface area contributed by atoms with Crippen LogP contribution in [0.3, 0.4) is 0 Å². The van der Waals surface area contributed by atoms with E-state index in [1.165, 1.54) is 18.4 Å². The quantitative estimate of drug-likeness (QED) is 0.624. The molecular formula is C17H14F3N3O3S. The Labute approximate surface area is 156 Å². The monoisotopic (exact) mass is 397 g/mol. The predicted octanol–water partition coefficient (Wildman–Crippen LogP) is 4.78. The molecule has 0 bridgehead atoms. The number of rotatable bonds is 5. The van der Waals surface area contributed by atoms with E-state index >= 15 is 0 Å². The number of nitrogens with zero attached hydrogens (tertiary/aromatic N) is 2. The first-order valence-electron chi connectivity index (χ1n) is 7.77. The van der Waals surface area contributed by atoms with Crippen LogP contribution in [0.4, 0.5) is 18.9 Å². The van der Waals surface area contributed by atoms with E-state index in [4.69, 9.17) is 8.83 Å². The summed E-state index contributed by atoms with van der Waals surface area (Å²) in [6.07, 6.45) is -2.92. The number of aromatic nitrogens is 2. The van der Waals surface area contributed by atoms with Crippen LogP contribution in [0.25, 0.3) is 11.5 Å². The van der Waals surface area contributed by atoms with Crippen LogP contribution in [0.5, 0.6) is 0 Å². The van der Waals surface area contributed by atoms with E-state index in [0.717, 1.165) is 23.9 Å². The van der Waals surface area contributed by atoms with Gasteiger partial charge in [0.05, 0.1) is 22.6 Å². The molecule has 0 aliphatic rings. The average molecular weight is 397 g/mol. The molecule has 0 aliphatic carbocycles. The van der Waals surface area contributed by atoms with Crippen molar-refractivity contribution in [1.82, 2.24) is 10.2 Å². The third-order valence-corrected chi connectivity index (χ3v) is 4.56. The second kappa shape index (κ2) is 7.47. The van der Waals surface area contributed by atoms with Crippen molar-refractivity contribution in [2.75, 3.05) is 5.32 Å². The summed E-state index contributed by atoms with van der Waals surface area (Å²) >= 11 is 1.04. The van der Waals surface area contributed by atoms with Crippen LogP contribution in [0.2, 0.25) is 0 Å². The first-order valence-corrected chi connectivity index (χ1v) is 8.65. The molecule has 0 fully saturated rings. The largest absolute Gasteiger partial charge is 0.469 e. The molecule has 1 aromatic carbocycles. The summed E-state index contributed by atoms with van der Waals surface area (Å²) in [5.41, 5.74) is 0.146. The molecule has 0 saturated heterocycles. The van der Waals surface area contributed by atoms with Crippen LogP contribution in [-0.4, -0.2) is 21.4 Å². The number of hydrogen-bond donors (Lipinski definition) is 1. The molecule has 1 N–H and O–H groups in total. The molecule has 2 aromatic heterocycles. The van der Waals surface area contributed by atoms with Crippen molar-refractivity contribution >= 4 is 23.4 Å². The Morgan fingerprint density at radius 1 is 1.19 bits per heavy atom. The number of halogens is 3. The molecule has 0 saturated carbocycles. The molecule has 1 amide bonds. The maximum atomic E-state index is 12.6. The van der Waals surface area contributed by atoms with Gasteiger partial charge in [0, 0.05) is 5.69 Å². The molecular weight excluding hydrogens is 383 g/mol. The van der Waals surface area contributed by atoms with Gasteiger partial charge >= 0.3 is 6.18 Å². The van der Waals surface area contributed by atoms with Gasteiger partial charge in [0.1, 0.15) is 5.76 Å². The van der Waals surface area contributed by atoms with Gasteiger partial charge in [-0.1, -0.05) is 11.8 Å². The predicted molar refractivity (Wildman–Crippen MR) is 92.1 cm³/mol. The van der Waals surface area contributed by atoms with Gasteiger partial charge in [0.25, 0.3) is 11.1 Å². The third-order valence-electron chi connectivity index (χ3n) is 3.62. The Morgan fingerprint density at radius 2 is 1.89 bits per heavy atom. The molecule has 0 aliphatic heterocycles. The van der Waals surface area contributed by atoms with Crippen molar-refractivity contribution in [3.63, 3.8) is 0 Å². The SMILES string of the molecule is Cc1occc1-c1nnc(S[C@H](C)C(=O)Nc2ccc(C(F)(F)F)cc2)o1. The third kappa shape index (κ3) is 4.51. The zero-order valence-corrected chi connectivity index (χ0v) is 15.0. The lowest BCUT2D eigenvalue weighted by Crippen LogP contribution is -2.22. The number of nitrogens with one attached hydrogen (secondary N) is 1. The van der Waals surface area contributed by atoms with Crippen molar-refractivity contribution in [1.29, 1.82) is 0 Å². The maximum Gasteiger partial charge on any atom is 0.416 e. The fraction of sp³-hybridized carbons (Fsp3) is 0.235. The van der Waals surface area contributed by atoms with Gasteiger partial charge < -0.3 is 14.2 Å². The lowest BCUT2D eigenvalue weighted by molar-refractivity contribution is -0.137. The molecule has 27 heavy (non-hydrogen) atoms. The van der Waals surface area contributed by atoms with E-state index in [0.29, 0.717) is 11.3 Å². The molecule has 6 nitrogen and oxygen atoms in total. The zero-order valence-electron chi connectivity index (χ0n) is 14.2. The van der Waals surface area contributed by atoms with Gasteiger partial charge in [-0.15, -0.1) is 10.2 Å². The van der Waals surface area contributed by atoms with Crippen LogP contribution in [-0.2, 0) is 11.0 Å². The van der Waals surface area contributed by atoms with Gasteiger partial charge in [0.15, 0.2) is 0 Å². The Hall–Kier alpha value is -2.75. The van der Waals surface area contributed by atoms with Gasteiger partial charge in [-0.05, 0) is 44.2 Å². The van der Waals surface area contributed by atoms with E-state index in [1.54, 1.807) is 19.9 Å². The number of amides is 1. The standard InChI is InChI=1S/C17H14F3N3O3S/c1-9-13(7-8-25-9)15-22-23-16(26-15)27-10(2)14(24)21-12-5-3-11(4-6-12)17(18,19)20/h3-8,10H,1-2H3,(H,21,24)/t10-/m1/s1. The molecule has 0 unspecified atom stereocenters. The lowest BCUT2D eigenvalue weighted by atomic mass is 10.2. The van der Waals surface area contributed by atoms with E-state index in [-0.39, 0.29) is 16.8 Å². The van der Waals surface area contributed by atoms with Crippen molar-refractivity contribution in [3.05, 3.63) is 47.9 Å². The average Bonchev–Trinajstić information content (AvgIpc) is 3.23. The summed E-state index contributed by atoms with van der Waals surface area (Å²) < 4.78 is 48.4. The van der Waals surface area contributed by atoms with Crippen LogP contribution in [0, 0.1) is 6.92 Å². The van der Waals surface area contributed by atoms with Crippen LogP contribution in [0.1, 0.15) is 18.2 Å². The minimum Gasteiger partial charge on any atom is -0.469 e.